The first-order chi connectivity index (χ1) is 15.2. The average Bonchev–Trinajstić information content (AvgIpc) is 3.33. The van der Waals surface area contributed by atoms with E-state index in [1.807, 2.05) is 26.0 Å². The van der Waals surface area contributed by atoms with Gasteiger partial charge in [-0.1, -0.05) is 6.92 Å². The summed E-state index contributed by atoms with van der Waals surface area (Å²) in [7, 11) is 0. The van der Waals surface area contributed by atoms with Crippen molar-refractivity contribution in [3.63, 3.8) is 0 Å². The molecule has 8 heteroatoms. The molecule has 8 nitrogen and oxygen atoms in total. The molecule has 0 aliphatic carbocycles. The fourth-order valence-electron chi connectivity index (χ4n) is 4.36. The van der Waals surface area contributed by atoms with Gasteiger partial charge in [0.25, 0.3) is 5.91 Å². The van der Waals surface area contributed by atoms with Gasteiger partial charge in [0, 0.05) is 24.7 Å². The van der Waals surface area contributed by atoms with Crippen LogP contribution in [0, 0.1) is 32.6 Å². The maximum Gasteiger partial charge on any atom is 0.340 e. The molecule has 0 unspecified atom stereocenters. The van der Waals surface area contributed by atoms with E-state index in [1.54, 1.807) is 25.7 Å². The van der Waals surface area contributed by atoms with Crippen LogP contribution in [0.15, 0.2) is 16.5 Å². The molecule has 1 aliphatic rings. The van der Waals surface area contributed by atoms with Crippen molar-refractivity contribution in [1.82, 2.24) is 15.2 Å². The summed E-state index contributed by atoms with van der Waals surface area (Å²) in [5.74, 6) is 1.08. The molecule has 1 saturated heterocycles. The number of hydrogen-bond acceptors (Lipinski definition) is 5. The Labute approximate surface area is 188 Å². The fourth-order valence-corrected chi connectivity index (χ4v) is 4.36. The molecule has 0 bridgehead atoms. The van der Waals surface area contributed by atoms with Gasteiger partial charge in [0.2, 0.25) is 5.91 Å². The number of H-pyrrole nitrogens is 1. The number of likely N-dealkylation sites (tertiary alicyclic amines) is 1. The highest BCUT2D eigenvalue weighted by Crippen LogP contribution is 2.27. The largest absolute Gasteiger partial charge is 0.465 e. The van der Waals surface area contributed by atoms with Gasteiger partial charge >= 0.3 is 5.97 Å². The van der Waals surface area contributed by atoms with E-state index < -0.39 is 5.97 Å². The number of furan rings is 1. The third-order valence-corrected chi connectivity index (χ3v) is 6.31. The summed E-state index contributed by atoms with van der Waals surface area (Å²) in [4.78, 5) is 42.7. The van der Waals surface area contributed by atoms with Crippen molar-refractivity contribution >= 4 is 17.8 Å². The van der Waals surface area contributed by atoms with Gasteiger partial charge in [-0.05, 0) is 64.2 Å². The molecule has 1 aliphatic heterocycles. The quantitative estimate of drug-likeness (QED) is 0.637. The van der Waals surface area contributed by atoms with Crippen molar-refractivity contribution in [2.24, 2.45) is 11.8 Å². The molecular weight excluding hydrogens is 410 g/mol. The monoisotopic (exact) mass is 443 g/mol. The van der Waals surface area contributed by atoms with E-state index in [4.69, 9.17) is 9.15 Å². The molecule has 3 heterocycles. The maximum absolute atomic E-state index is 13.1. The first-order valence-electron chi connectivity index (χ1n) is 11.2. The van der Waals surface area contributed by atoms with Gasteiger partial charge in [-0.3, -0.25) is 9.59 Å². The lowest BCUT2D eigenvalue weighted by atomic mass is 9.84. The van der Waals surface area contributed by atoms with Crippen LogP contribution < -0.4 is 5.32 Å². The van der Waals surface area contributed by atoms with Crippen LogP contribution in [0.25, 0.3) is 0 Å². The van der Waals surface area contributed by atoms with Gasteiger partial charge < -0.3 is 24.4 Å². The van der Waals surface area contributed by atoms with E-state index in [0.29, 0.717) is 42.1 Å². The molecule has 174 valence electrons. The molecule has 3 rings (SSSR count). The van der Waals surface area contributed by atoms with Crippen LogP contribution in [0.2, 0.25) is 0 Å². The number of carbonyl (C=O) groups excluding carboxylic acids is 3. The molecule has 0 saturated carbocycles. The Bertz CT molecular complexity index is 982. The van der Waals surface area contributed by atoms with E-state index in [-0.39, 0.29) is 30.3 Å². The first kappa shape index (κ1) is 23.6. The van der Waals surface area contributed by atoms with E-state index in [2.05, 4.69) is 10.3 Å². The Kier molecular flexibility index (Phi) is 7.43. The van der Waals surface area contributed by atoms with Crippen LogP contribution in [-0.2, 0) is 16.1 Å². The number of nitrogens with zero attached hydrogens (tertiary/aromatic N) is 1. The predicted molar refractivity (Wildman–Crippen MR) is 119 cm³/mol. The van der Waals surface area contributed by atoms with Crippen LogP contribution in [0.4, 0.5) is 0 Å². The smallest absolute Gasteiger partial charge is 0.340 e. The topological polar surface area (TPSA) is 105 Å². The number of carbonyl (C=O) groups is 3. The molecule has 2 aromatic rings. The number of amides is 2. The normalized spacial score (nSPS) is 15.5. The summed E-state index contributed by atoms with van der Waals surface area (Å²) in [5.41, 5.74) is 2.12. The molecule has 0 aromatic carbocycles. The van der Waals surface area contributed by atoms with Crippen molar-refractivity contribution in [3.05, 3.63) is 46.2 Å². The van der Waals surface area contributed by atoms with Gasteiger partial charge in [0.15, 0.2) is 0 Å². The molecule has 2 amide bonds. The van der Waals surface area contributed by atoms with Crippen LogP contribution >= 0.6 is 0 Å². The highest BCUT2D eigenvalue weighted by molar-refractivity contribution is 6.00. The summed E-state index contributed by atoms with van der Waals surface area (Å²) in [6.07, 6.45) is 1.51. The molecule has 0 spiro atoms. The molecule has 2 N–H and O–H groups in total. The summed E-state index contributed by atoms with van der Waals surface area (Å²) in [6.45, 7) is 10.9. The molecule has 0 radical (unpaired) electrons. The second kappa shape index (κ2) is 10.1. The summed E-state index contributed by atoms with van der Waals surface area (Å²) in [6, 6.07) is 3.74. The van der Waals surface area contributed by atoms with Crippen molar-refractivity contribution in [1.29, 1.82) is 0 Å². The molecule has 2 aromatic heterocycles. The second-order valence-corrected chi connectivity index (χ2v) is 8.49. The van der Waals surface area contributed by atoms with E-state index in [9.17, 15) is 14.4 Å². The Morgan fingerprint density at radius 1 is 1.22 bits per heavy atom. The van der Waals surface area contributed by atoms with Gasteiger partial charge in [-0.2, -0.15) is 0 Å². The maximum atomic E-state index is 13.1. The van der Waals surface area contributed by atoms with Gasteiger partial charge in [0.05, 0.1) is 18.7 Å². The Hall–Kier alpha value is -3.03. The number of aromatic nitrogens is 1. The lowest BCUT2D eigenvalue weighted by Gasteiger charge is -2.34. The Morgan fingerprint density at radius 2 is 1.91 bits per heavy atom. The number of aromatic amines is 1. The lowest BCUT2D eigenvalue weighted by molar-refractivity contribution is -0.126. The Morgan fingerprint density at radius 3 is 2.50 bits per heavy atom. The minimum atomic E-state index is -0.416. The number of hydrogen-bond donors (Lipinski definition) is 2. The highest BCUT2D eigenvalue weighted by atomic mass is 16.5. The predicted octanol–water partition coefficient (Wildman–Crippen LogP) is 3.51. The van der Waals surface area contributed by atoms with Crippen molar-refractivity contribution < 1.29 is 23.5 Å². The lowest BCUT2D eigenvalue weighted by Crippen LogP contribution is -2.42. The fraction of sp³-hybridized carbons (Fsp3) is 0.542. The molecule has 1 atom stereocenters. The van der Waals surface area contributed by atoms with Gasteiger partial charge in [-0.15, -0.1) is 0 Å². The van der Waals surface area contributed by atoms with Gasteiger partial charge in [-0.25, -0.2) is 4.79 Å². The Balaban J connectivity index is 1.56. The minimum absolute atomic E-state index is 0.00116. The molecular formula is C24H33N3O5. The van der Waals surface area contributed by atoms with E-state index in [1.165, 1.54) is 0 Å². The summed E-state index contributed by atoms with van der Waals surface area (Å²) >= 11 is 0. The molecule has 1 fully saturated rings. The zero-order chi connectivity index (χ0) is 23.4. The van der Waals surface area contributed by atoms with Crippen LogP contribution in [0.5, 0.6) is 0 Å². The van der Waals surface area contributed by atoms with E-state index in [0.717, 1.165) is 24.4 Å². The third-order valence-electron chi connectivity index (χ3n) is 6.31. The second-order valence-electron chi connectivity index (χ2n) is 8.49. The number of nitrogens with one attached hydrogen (secondary N) is 2. The van der Waals surface area contributed by atoms with Crippen molar-refractivity contribution in [2.75, 3.05) is 19.7 Å². The highest BCUT2D eigenvalue weighted by Gasteiger charge is 2.32. The number of rotatable bonds is 7. The van der Waals surface area contributed by atoms with Gasteiger partial charge in [0.1, 0.15) is 17.2 Å². The minimum Gasteiger partial charge on any atom is -0.465 e. The number of esters is 1. The SMILES string of the molecule is CCOC(=O)c1c(C)[nH]c(C(=O)N2CCC([C@H](C)C(=O)NCc3ccc(C)o3)CC2)c1C. The van der Waals surface area contributed by atoms with Crippen molar-refractivity contribution in [2.45, 2.75) is 54.0 Å². The average molecular weight is 444 g/mol. The summed E-state index contributed by atoms with van der Waals surface area (Å²) < 4.78 is 10.6. The first-order valence-corrected chi connectivity index (χ1v) is 11.2. The zero-order valence-electron chi connectivity index (χ0n) is 19.5. The summed E-state index contributed by atoms with van der Waals surface area (Å²) in [5, 5.41) is 2.94. The number of aryl methyl sites for hydroxylation is 2. The van der Waals surface area contributed by atoms with Crippen molar-refractivity contribution in [3.8, 4) is 0 Å². The van der Waals surface area contributed by atoms with E-state index >= 15 is 0 Å². The molecule has 32 heavy (non-hydrogen) atoms. The zero-order valence-corrected chi connectivity index (χ0v) is 19.5. The number of ether oxygens (including phenoxy) is 1. The number of piperidine rings is 1. The third kappa shape index (κ3) is 5.06. The van der Waals surface area contributed by atoms with Crippen LogP contribution in [0.1, 0.15) is 70.3 Å². The van der Waals surface area contributed by atoms with Crippen LogP contribution in [-0.4, -0.2) is 47.4 Å². The van der Waals surface area contributed by atoms with Crippen LogP contribution in [0.3, 0.4) is 0 Å². The standard InChI is InChI=1S/C24H33N3O5/c1-6-31-24(30)20-16(4)21(26-17(20)5)23(29)27-11-9-18(10-12-27)15(3)22(28)25-13-19-8-7-14(2)32-19/h7-8,15,18,26H,6,9-13H2,1-5H3,(H,25,28)/t15-/m0/s1.